The molecule has 0 saturated carbocycles. The molecule has 0 fully saturated rings. The van der Waals surface area contributed by atoms with Gasteiger partial charge in [-0.1, -0.05) is 91.9 Å². The molecule has 0 saturated heterocycles. The number of nitrogens with one attached hydrogen (secondary N) is 3. The van der Waals surface area contributed by atoms with Gasteiger partial charge in [-0.05, 0) is 98.4 Å². The van der Waals surface area contributed by atoms with Crippen LogP contribution in [0.2, 0.25) is 0 Å². The Morgan fingerprint density at radius 1 is 0.923 bits per heavy atom. The van der Waals surface area contributed by atoms with E-state index in [1.54, 1.807) is 37.3 Å². The van der Waals surface area contributed by atoms with Gasteiger partial charge in [0, 0.05) is 37.5 Å². The van der Waals surface area contributed by atoms with E-state index >= 15 is 0 Å². The fourth-order valence-electron chi connectivity index (χ4n) is 8.88. The Hall–Kier alpha value is -6.52. The summed E-state index contributed by atoms with van der Waals surface area (Å²) in [4.78, 5) is 60.7. The lowest BCUT2D eigenvalue weighted by Gasteiger charge is -2.32. The molecule has 4 atom stereocenters. The van der Waals surface area contributed by atoms with Crippen molar-refractivity contribution in [3.8, 4) is 16.9 Å². The minimum Gasteiger partial charge on any atom is -0.487 e. The normalized spacial score (nSPS) is 15.5. The van der Waals surface area contributed by atoms with E-state index in [-0.39, 0.29) is 44.9 Å². The molecule has 7 N–H and O–H groups in total. The highest BCUT2D eigenvalue weighted by Gasteiger charge is 2.39. The topological polar surface area (TPSA) is 216 Å². The van der Waals surface area contributed by atoms with E-state index in [2.05, 4.69) is 27.5 Å². The van der Waals surface area contributed by atoms with Crippen molar-refractivity contribution in [3.63, 3.8) is 0 Å². The SMILES string of the molecule is C=CCNC(=O)[C@H](NC(=O)[C@H](CC)NC(=O)[C@H](CCCN=C(N)N(c1c(C)c(C)c2c(c1C)CC(C)(C)O2)S(=O)O)N(CC1c2ccccc2-c2ccccc21)C(=O)O)c1ccccc1. The predicted octanol–water partition coefficient (Wildman–Crippen LogP) is 6.58. The molecular weight excluding hydrogens is 847 g/mol. The minimum absolute atomic E-state index is 0.0414. The molecule has 1 unspecified atom stereocenters. The van der Waals surface area contributed by atoms with Crippen molar-refractivity contribution in [2.24, 2.45) is 10.7 Å². The zero-order valence-corrected chi connectivity index (χ0v) is 38.5. The first kappa shape index (κ1) is 47.9. The third kappa shape index (κ3) is 10.4. The highest BCUT2D eigenvalue weighted by Crippen LogP contribution is 2.47. The number of carboxylic acid groups (broad SMARTS) is 1. The maximum atomic E-state index is 14.6. The van der Waals surface area contributed by atoms with Crippen LogP contribution in [0.25, 0.3) is 11.1 Å². The maximum Gasteiger partial charge on any atom is 0.408 e. The first-order chi connectivity index (χ1) is 31.0. The van der Waals surface area contributed by atoms with Crippen LogP contribution in [-0.2, 0) is 32.1 Å². The van der Waals surface area contributed by atoms with E-state index in [0.717, 1.165) is 53.9 Å². The van der Waals surface area contributed by atoms with Gasteiger partial charge in [0.15, 0.2) is 0 Å². The number of ether oxygens (including phenoxy) is 1. The van der Waals surface area contributed by atoms with E-state index in [1.165, 1.54) is 6.08 Å². The number of aliphatic imine (C=N–C) groups is 1. The Labute approximate surface area is 382 Å². The second kappa shape index (κ2) is 20.5. The van der Waals surface area contributed by atoms with E-state index in [0.29, 0.717) is 23.2 Å². The summed E-state index contributed by atoms with van der Waals surface area (Å²) in [5, 5.41) is 19.2. The van der Waals surface area contributed by atoms with Gasteiger partial charge in [0.25, 0.3) is 11.3 Å². The van der Waals surface area contributed by atoms with Crippen LogP contribution in [0, 0.1) is 20.8 Å². The van der Waals surface area contributed by atoms with Gasteiger partial charge < -0.3 is 31.5 Å². The molecule has 0 spiro atoms. The van der Waals surface area contributed by atoms with Crippen molar-refractivity contribution in [2.75, 3.05) is 23.9 Å². The number of anilines is 1. The molecule has 16 heteroatoms. The highest BCUT2D eigenvalue weighted by atomic mass is 32.2. The molecule has 1 aliphatic carbocycles. The van der Waals surface area contributed by atoms with Gasteiger partial charge >= 0.3 is 6.09 Å². The molecule has 1 heterocycles. The third-order valence-corrected chi connectivity index (χ3v) is 12.9. The van der Waals surface area contributed by atoms with E-state index in [4.69, 9.17) is 10.5 Å². The van der Waals surface area contributed by atoms with Crippen molar-refractivity contribution < 1.29 is 37.8 Å². The zero-order chi connectivity index (χ0) is 47.2. The summed E-state index contributed by atoms with van der Waals surface area (Å²) >= 11 is -2.62. The second-order valence-electron chi connectivity index (χ2n) is 17.0. The maximum absolute atomic E-state index is 14.6. The average Bonchev–Trinajstić information content (AvgIpc) is 3.79. The second-order valence-corrected chi connectivity index (χ2v) is 17.8. The fraction of sp³-hybridized carbons (Fsp3) is 0.367. The van der Waals surface area contributed by atoms with Crippen LogP contribution >= 0.6 is 0 Å². The van der Waals surface area contributed by atoms with Crippen LogP contribution in [0.1, 0.15) is 90.9 Å². The number of hydrogen-bond donors (Lipinski definition) is 6. The lowest BCUT2D eigenvalue weighted by Crippen LogP contribution is -2.56. The summed E-state index contributed by atoms with van der Waals surface area (Å²) in [5.74, 6) is -1.73. The van der Waals surface area contributed by atoms with Gasteiger partial charge in [-0.25, -0.2) is 13.3 Å². The van der Waals surface area contributed by atoms with Crippen LogP contribution < -0.4 is 30.7 Å². The molecule has 0 radical (unpaired) electrons. The van der Waals surface area contributed by atoms with Crippen LogP contribution in [0.3, 0.4) is 0 Å². The Morgan fingerprint density at radius 2 is 1.54 bits per heavy atom. The van der Waals surface area contributed by atoms with Gasteiger partial charge in [-0.3, -0.25) is 28.8 Å². The molecule has 4 aromatic carbocycles. The summed E-state index contributed by atoms with van der Waals surface area (Å²) in [7, 11) is 0. The fourth-order valence-corrected chi connectivity index (χ4v) is 9.53. The van der Waals surface area contributed by atoms with Gasteiger partial charge in [0.1, 0.15) is 29.5 Å². The monoisotopic (exact) mass is 905 g/mol. The van der Waals surface area contributed by atoms with E-state index in [1.807, 2.05) is 83.1 Å². The summed E-state index contributed by atoms with van der Waals surface area (Å²) in [6, 6.07) is 20.6. The van der Waals surface area contributed by atoms with Gasteiger partial charge in [-0.15, -0.1) is 6.58 Å². The zero-order valence-electron chi connectivity index (χ0n) is 37.7. The molecule has 15 nitrogen and oxygen atoms in total. The Balaban J connectivity index is 1.28. The summed E-state index contributed by atoms with van der Waals surface area (Å²) in [6.07, 6.45) is 0.955. The Kier molecular flexibility index (Phi) is 15.2. The predicted molar refractivity (Wildman–Crippen MR) is 253 cm³/mol. The highest BCUT2D eigenvalue weighted by molar-refractivity contribution is 7.81. The number of amides is 4. The van der Waals surface area contributed by atoms with Crippen LogP contribution in [0.15, 0.2) is 96.5 Å². The van der Waals surface area contributed by atoms with Gasteiger partial charge in [0.05, 0.1) is 5.69 Å². The van der Waals surface area contributed by atoms with Crippen molar-refractivity contribution in [1.82, 2.24) is 20.9 Å². The number of guanidine groups is 1. The molecule has 6 rings (SSSR count). The van der Waals surface area contributed by atoms with E-state index < -0.39 is 64.7 Å². The molecule has 0 aromatic heterocycles. The van der Waals surface area contributed by atoms with Crippen molar-refractivity contribution in [1.29, 1.82) is 0 Å². The van der Waals surface area contributed by atoms with Crippen molar-refractivity contribution in [2.45, 2.75) is 96.9 Å². The van der Waals surface area contributed by atoms with Gasteiger partial charge in [0.2, 0.25) is 23.7 Å². The quantitative estimate of drug-likeness (QED) is 0.0209. The summed E-state index contributed by atoms with van der Waals surface area (Å²) in [5.41, 5.74) is 14.0. The molecule has 2 aliphatic rings. The largest absolute Gasteiger partial charge is 0.487 e. The first-order valence-electron chi connectivity index (χ1n) is 21.7. The smallest absolute Gasteiger partial charge is 0.408 e. The molecule has 0 bridgehead atoms. The standard InChI is InChI=1S/C49H59N7O8S/c1-8-25-51-46(59)41(32-18-11-10-12-19-32)54-44(57)39(9-2)53-45(58)40(55(48(60)61)28-38-35-22-15-13-20-33(35)34-21-14-16-23-36(34)38)24-17-26-52-47(50)56(65(62)63)42-29(3)30(4)43-37(31(42)5)27-49(6,7)64-43/h8,10-16,18-23,38-41H,1,9,17,24-28H2,2-7H3,(H2,50,52)(H,51,59)(H,53,58)(H,54,57)(H,60,61)(H,62,63)/t39-,40-,41+/m0/s1. The molecule has 4 aromatic rings. The minimum atomic E-state index is -2.62. The molecular formula is C49H59N7O8S. The molecule has 65 heavy (non-hydrogen) atoms. The number of rotatable bonds is 18. The van der Waals surface area contributed by atoms with Crippen molar-refractivity contribution in [3.05, 3.63) is 130 Å². The number of hydrogen-bond acceptors (Lipinski definition) is 7. The Bertz CT molecular complexity index is 2470. The third-order valence-electron chi connectivity index (χ3n) is 12.2. The number of fused-ring (bicyclic) bond motifs is 4. The van der Waals surface area contributed by atoms with Gasteiger partial charge in [-0.2, -0.15) is 0 Å². The van der Waals surface area contributed by atoms with Crippen LogP contribution in [-0.4, -0.2) is 85.9 Å². The van der Waals surface area contributed by atoms with Crippen LogP contribution in [0.5, 0.6) is 5.75 Å². The summed E-state index contributed by atoms with van der Waals surface area (Å²) < 4.78 is 30.9. The summed E-state index contributed by atoms with van der Waals surface area (Å²) in [6.45, 7) is 14.9. The number of benzene rings is 4. The van der Waals surface area contributed by atoms with Crippen molar-refractivity contribution >= 4 is 46.7 Å². The lowest BCUT2D eigenvalue weighted by atomic mass is 9.92. The average molecular weight is 906 g/mol. The number of nitrogens with two attached hydrogens (primary N) is 1. The first-order valence-corrected chi connectivity index (χ1v) is 22.8. The number of nitrogens with zero attached hydrogens (tertiary/aromatic N) is 3. The lowest BCUT2D eigenvalue weighted by molar-refractivity contribution is -0.133. The number of carbonyl (C=O) groups is 4. The Morgan fingerprint density at radius 3 is 2.12 bits per heavy atom. The molecule has 344 valence electrons. The number of carbonyl (C=O) groups excluding carboxylic acids is 3. The molecule has 1 aliphatic heterocycles. The molecule has 4 amide bonds. The van der Waals surface area contributed by atoms with E-state index in [9.17, 15) is 33.0 Å². The van der Waals surface area contributed by atoms with Crippen LogP contribution in [0.4, 0.5) is 10.5 Å².